The molecule has 2 rings (SSSR count). The van der Waals surface area contributed by atoms with E-state index in [-0.39, 0.29) is 41.1 Å². The third-order valence-corrected chi connectivity index (χ3v) is 9.60. The van der Waals surface area contributed by atoms with E-state index in [1.807, 2.05) is 20.8 Å². The van der Waals surface area contributed by atoms with Crippen LogP contribution >= 0.6 is 0 Å². The van der Waals surface area contributed by atoms with Crippen molar-refractivity contribution in [3.63, 3.8) is 0 Å². The molecule has 4 atom stereocenters. The molecule has 2 nitrogen and oxygen atoms in total. The molecule has 1 unspecified atom stereocenters. The van der Waals surface area contributed by atoms with Crippen molar-refractivity contribution >= 4 is 14.1 Å². The summed E-state index contributed by atoms with van der Waals surface area (Å²) < 4.78 is 85.0. The van der Waals surface area contributed by atoms with Crippen LogP contribution in [0, 0.1) is 28.6 Å². The standard InChI is InChI=1S/C27H44F6O2Si/c1-23(2,35-36(5,6)7)15-10-17-24(3,16-9-12-22(26(28,29)30)27(31,32)33)21-14-13-19-20(34)11-8-18-25(19,21)4/h9,12,19,21-22H,8,10-11,13-18H2,1-7H3/b12-9-/t19?,21-,24+,25+/m1/s1. The SMILES string of the molecule is CC(C)(CCC[C@](C)(C/C=C\C(C(F)(F)F)C(F)(F)F)[C@H]1CCC2C(=O)CCC[C@@]21C)O[Si](C)(C)C. The van der Waals surface area contributed by atoms with Gasteiger partial charge in [0.05, 0.1) is 5.60 Å². The molecule has 36 heavy (non-hydrogen) atoms. The summed E-state index contributed by atoms with van der Waals surface area (Å²) in [7, 11) is -1.79. The fourth-order valence-corrected chi connectivity index (χ4v) is 8.93. The summed E-state index contributed by atoms with van der Waals surface area (Å²) in [6.45, 7) is 14.5. The molecule has 0 bridgehead atoms. The summed E-state index contributed by atoms with van der Waals surface area (Å²) in [6, 6.07) is 0. The molecule has 0 spiro atoms. The summed E-state index contributed by atoms with van der Waals surface area (Å²) in [5.41, 5.74) is -1.15. The van der Waals surface area contributed by atoms with Gasteiger partial charge in [-0.2, -0.15) is 26.3 Å². The number of carbonyl (C=O) groups excluding carboxylic acids is 1. The Balaban J connectivity index is 2.30. The molecule has 2 fully saturated rings. The molecule has 2 aliphatic carbocycles. The van der Waals surface area contributed by atoms with Gasteiger partial charge in [-0.15, -0.1) is 0 Å². The lowest BCUT2D eigenvalue weighted by Gasteiger charge is -2.48. The lowest BCUT2D eigenvalue weighted by Crippen LogP contribution is -2.43. The van der Waals surface area contributed by atoms with Crippen molar-refractivity contribution in [1.82, 2.24) is 0 Å². The zero-order chi connectivity index (χ0) is 27.8. The van der Waals surface area contributed by atoms with Gasteiger partial charge in [0.25, 0.3) is 0 Å². The van der Waals surface area contributed by atoms with E-state index in [4.69, 9.17) is 4.43 Å². The van der Waals surface area contributed by atoms with Crippen LogP contribution in [0.3, 0.4) is 0 Å². The Labute approximate surface area is 213 Å². The zero-order valence-corrected chi connectivity index (χ0v) is 23.8. The minimum absolute atomic E-state index is 0.0557. The van der Waals surface area contributed by atoms with Gasteiger partial charge in [-0.1, -0.05) is 32.4 Å². The summed E-state index contributed by atoms with van der Waals surface area (Å²) >= 11 is 0. The number of hydrogen-bond acceptors (Lipinski definition) is 2. The van der Waals surface area contributed by atoms with E-state index in [1.165, 1.54) is 0 Å². The molecule has 0 aromatic rings. The average Bonchev–Trinajstić information content (AvgIpc) is 3.00. The van der Waals surface area contributed by atoms with Gasteiger partial charge in [-0.05, 0) is 95.2 Å². The quantitative estimate of drug-likeness (QED) is 0.156. The van der Waals surface area contributed by atoms with Crippen LogP contribution in [0.1, 0.15) is 85.5 Å². The van der Waals surface area contributed by atoms with Crippen LogP contribution in [-0.2, 0) is 9.22 Å². The van der Waals surface area contributed by atoms with Crippen molar-refractivity contribution in [2.24, 2.45) is 28.6 Å². The number of fused-ring (bicyclic) bond motifs is 1. The molecule has 210 valence electrons. The van der Waals surface area contributed by atoms with Crippen LogP contribution in [0.2, 0.25) is 19.6 Å². The minimum Gasteiger partial charge on any atom is -0.413 e. The van der Waals surface area contributed by atoms with E-state index in [1.54, 1.807) is 0 Å². The van der Waals surface area contributed by atoms with E-state index in [0.717, 1.165) is 44.6 Å². The van der Waals surface area contributed by atoms with Gasteiger partial charge >= 0.3 is 12.4 Å². The van der Waals surface area contributed by atoms with E-state index >= 15 is 0 Å². The molecule has 0 heterocycles. The largest absolute Gasteiger partial charge is 0.413 e. The van der Waals surface area contributed by atoms with Crippen LogP contribution in [0.25, 0.3) is 0 Å². The summed E-state index contributed by atoms with van der Waals surface area (Å²) in [5.74, 6) is -3.23. The molecule has 2 aliphatic rings. The predicted molar refractivity (Wildman–Crippen MR) is 133 cm³/mol. The van der Waals surface area contributed by atoms with Crippen molar-refractivity contribution in [1.29, 1.82) is 0 Å². The van der Waals surface area contributed by atoms with Gasteiger partial charge in [0.1, 0.15) is 5.78 Å². The lowest BCUT2D eigenvalue weighted by molar-refractivity contribution is -0.267. The van der Waals surface area contributed by atoms with E-state index in [0.29, 0.717) is 12.8 Å². The van der Waals surface area contributed by atoms with E-state index < -0.39 is 32.0 Å². The molecule has 0 N–H and O–H groups in total. The second-order valence-electron chi connectivity index (χ2n) is 13.2. The molecular weight excluding hydrogens is 498 g/mol. The maximum Gasteiger partial charge on any atom is 0.403 e. The maximum atomic E-state index is 13.1. The van der Waals surface area contributed by atoms with Gasteiger partial charge in [-0.25, -0.2) is 0 Å². The first-order chi connectivity index (χ1) is 16.1. The van der Waals surface area contributed by atoms with Crippen molar-refractivity contribution < 1.29 is 35.6 Å². The average molecular weight is 543 g/mol. The number of alkyl halides is 6. The summed E-state index contributed by atoms with van der Waals surface area (Å²) in [6.07, 6.45) is -3.39. The van der Waals surface area contributed by atoms with Crippen LogP contribution in [0.5, 0.6) is 0 Å². The van der Waals surface area contributed by atoms with E-state index in [2.05, 4.69) is 26.6 Å². The van der Waals surface area contributed by atoms with Gasteiger partial charge in [-0.3, -0.25) is 4.79 Å². The molecule has 0 saturated heterocycles. The predicted octanol–water partition coefficient (Wildman–Crippen LogP) is 9.27. The van der Waals surface area contributed by atoms with Crippen LogP contribution < -0.4 is 0 Å². The summed E-state index contributed by atoms with van der Waals surface area (Å²) in [5, 5.41) is 0. The summed E-state index contributed by atoms with van der Waals surface area (Å²) in [4.78, 5) is 12.7. The Morgan fingerprint density at radius 2 is 1.61 bits per heavy atom. The van der Waals surface area contributed by atoms with Crippen LogP contribution in [0.4, 0.5) is 26.3 Å². The minimum atomic E-state index is -5.39. The second-order valence-corrected chi connectivity index (χ2v) is 17.6. The van der Waals surface area contributed by atoms with Crippen molar-refractivity contribution in [3.05, 3.63) is 12.2 Å². The van der Waals surface area contributed by atoms with Gasteiger partial charge in [0.15, 0.2) is 14.2 Å². The number of allylic oxidation sites excluding steroid dienone is 2. The number of hydrogen-bond donors (Lipinski definition) is 0. The Hall–Kier alpha value is -0.833. The van der Waals surface area contributed by atoms with Crippen LogP contribution in [0.15, 0.2) is 12.2 Å². The van der Waals surface area contributed by atoms with Crippen molar-refractivity contribution in [3.8, 4) is 0 Å². The molecule has 0 radical (unpaired) electrons. The van der Waals surface area contributed by atoms with Gasteiger partial charge in [0.2, 0.25) is 0 Å². The topological polar surface area (TPSA) is 26.3 Å². The van der Waals surface area contributed by atoms with Crippen molar-refractivity contribution in [2.45, 2.75) is 123 Å². The third-order valence-electron chi connectivity index (χ3n) is 8.43. The highest BCUT2D eigenvalue weighted by atomic mass is 28.4. The lowest BCUT2D eigenvalue weighted by atomic mass is 9.56. The Kier molecular flexibility index (Phi) is 9.36. The smallest absolute Gasteiger partial charge is 0.403 e. The maximum absolute atomic E-state index is 13.1. The number of carbonyl (C=O) groups is 1. The highest BCUT2D eigenvalue weighted by molar-refractivity contribution is 6.69. The number of Topliss-reactive ketones (excluding diaryl/α,β-unsaturated/α-hetero) is 1. The fraction of sp³-hybridized carbons (Fsp3) is 0.889. The first-order valence-electron chi connectivity index (χ1n) is 13.1. The molecular formula is C27H44F6O2Si. The number of halogens is 6. The monoisotopic (exact) mass is 542 g/mol. The Morgan fingerprint density at radius 1 is 1.03 bits per heavy atom. The normalized spacial score (nSPS) is 28.1. The first kappa shape index (κ1) is 31.4. The fourth-order valence-electron chi connectivity index (χ4n) is 7.17. The molecule has 0 aromatic heterocycles. The zero-order valence-electron chi connectivity index (χ0n) is 22.8. The molecule has 0 aliphatic heterocycles. The van der Waals surface area contributed by atoms with Crippen LogP contribution in [-0.4, -0.2) is 32.1 Å². The Morgan fingerprint density at radius 3 is 2.14 bits per heavy atom. The molecule has 9 heteroatoms. The van der Waals surface area contributed by atoms with Gasteiger partial charge < -0.3 is 4.43 Å². The first-order valence-corrected chi connectivity index (χ1v) is 16.5. The Bertz CT molecular complexity index is 784. The molecule has 2 saturated carbocycles. The molecule has 0 amide bonds. The number of rotatable bonds is 10. The third kappa shape index (κ3) is 7.84. The highest BCUT2D eigenvalue weighted by Crippen LogP contribution is 2.61. The highest BCUT2D eigenvalue weighted by Gasteiger charge is 2.57. The van der Waals surface area contributed by atoms with Crippen molar-refractivity contribution in [2.75, 3.05) is 0 Å². The van der Waals surface area contributed by atoms with E-state index in [9.17, 15) is 31.1 Å². The second kappa shape index (κ2) is 10.7. The number of ketones is 1. The molecule has 0 aromatic carbocycles. The van der Waals surface area contributed by atoms with Gasteiger partial charge in [0, 0.05) is 12.3 Å².